The summed E-state index contributed by atoms with van der Waals surface area (Å²) in [5.41, 5.74) is -4.51. The molecule has 2 rings (SSSR count). The number of hydrogen-bond donors (Lipinski definition) is 3. The van der Waals surface area contributed by atoms with Gasteiger partial charge in [-0.2, -0.15) is 26.3 Å². The summed E-state index contributed by atoms with van der Waals surface area (Å²) in [4.78, 5) is 0. The summed E-state index contributed by atoms with van der Waals surface area (Å²) >= 11 is 0. The molecule has 35 heavy (non-hydrogen) atoms. The lowest BCUT2D eigenvalue weighted by atomic mass is 9.59. The van der Waals surface area contributed by atoms with E-state index in [0.29, 0.717) is 18.4 Å². The van der Waals surface area contributed by atoms with Crippen molar-refractivity contribution in [2.24, 2.45) is 22.7 Å². The van der Waals surface area contributed by atoms with E-state index >= 15 is 0 Å². The molecule has 0 aromatic heterocycles. The summed E-state index contributed by atoms with van der Waals surface area (Å²) in [5, 5.41) is 29.1. The number of rotatable bonds is 4. The van der Waals surface area contributed by atoms with E-state index in [1.807, 2.05) is 44.9 Å². The van der Waals surface area contributed by atoms with Crippen LogP contribution in [0.5, 0.6) is 0 Å². The second-order valence-electron chi connectivity index (χ2n) is 10.6. The maximum absolute atomic E-state index is 12.9. The fourth-order valence-corrected chi connectivity index (χ4v) is 5.20. The molecule has 0 bridgehead atoms. The van der Waals surface area contributed by atoms with Crippen LogP contribution in [-0.4, -0.2) is 45.5 Å². The first-order valence-electron chi connectivity index (χ1n) is 11.6. The SMILES string of the molecule is C=C1C(=C/C=C/[C@@H]2CC[C@](C)([C@H](C)CC#CC(O)(C(F)(F)F)C(F)(F)F)C2(C)C)C[C@@H](O)C[C@@H]1O. The summed E-state index contributed by atoms with van der Waals surface area (Å²) in [7, 11) is 0. The number of hydrogen-bond acceptors (Lipinski definition) is 3. The minimum atomic E-state index is -5.96. The third kappa shape index (κ3) is 5.65. The molecule has 0 heterocycles. The van der Waals surface area contributed by atoms with Crippen LogP contribution in [0.4, 0.5) is 26.3 Å². The highest BCUT2D eigenvalue weighted by Gasteiger charge is 2.70. The number of alkyl halides is 6. The van der Waals surface area contributed by atoms with Gasteiger partial charge in [-0.1, -0.05) is 58.4 Å². The van der Waals surface area contributed by atoms with Gasteiger partial charge in [0.25, 0.3) is 0 Å². The zero-order valence-corrected chi connectivity index (χ0v) is 20.4. The van der Waals surface area contributed by atoms with Gasteiger partial charge in [0.1, 0.15) is 0 Å². The molecule has 2 aliphatic rings. The quantitative estimate of drug-likeness (QED) is 0.329. The number of aliphatic hydroxyl groups is 3. The predicted molar refractivity (Wildman–Crippen MR) is 121 cm³/mol. The predicted octanol–water partition coefficient (Wildman–Crippen LogP) is 5.87. The Morgan fingerprint density at radius 1 is 1.11 bits per heavy atom. The van der Waals surface area contributed by atoms with Crippen LogP contribution in [0.3, 0.4) is 0 Å². The van der Waals surface area contributed by atoms with E-state index < -0.39 is 35.6 Å². The molecule has 2 saturated carbocycles. The summed E-state index contributed by atoms with van der Waals surface area (Å²) in [6, 6.07) is 0. The first-order valence-corrected chi connectivity index (χ1v) is 11.6. The minimum Gasteiger partial charge on any atom is -0.393 e. The van der Waals surface area contributed by atoms with Crippen LogP contribution in [0.15, 0.2) is 36.0 Å². The average molecular weight is 509 g/mol. The fraction of sp³-hybridized carbons (Fsp3) is 0.692. The van der Waals surface area contributed by atoms with Crippen molar-refractivity contribution < 1.29 is 41.7 Å². The topological polar surface area (TPSA) is 60.7 Å². The van der Waals surface area contributed by atoms with Gasteiger partial charge in [-0.05, 0) is 59.0 Å². The van der Waals surface area contributed by atoms with Crippen molar-refractivity contribution in [3.05, 3.63) is 36.0 Å². The maximum atomic E-state index is 12.9. The summed E-state index contributed by atoms with van der Waals surface area (Å²) in [6.07, 6.45) is -5.82. The molecule has 0 aromatic rings. The van der Waals surface area contributed by atoms with E-state index in [1.54, 1.807) is 6.92 Å². The van der Waals surface area contributed by atoms with Crippen LogP contribution in [-0.2, 0) is 0 Å². The van der Waals surface area contributed by atoms with Crippen LogP contribution in [0, 0.1) is 34.5 Å². The third-order valence-electron chi connectivity index (χ3n) is 8.37. The molecule has 0 amide bonds. The van der Waals surface area contributed by atoms with E-state index in [9.17, 15) is 41.7 Å². The molecule has 2 fully saturated rings. The van der Waals surface area contributed by atoms with Crippen molar-refractivity contribution in [1.29, 1.82) is 0 Å². The van der Waals surface area contributed by atoms with E-state index in [2.05, 4.69) is 6.58 Å². The Kier molecular flexibility index (Phi) is 8.38. The van der Waals surface area contributed by atoms with Crippen LogP contribution < -0.4 is 0 Å². The lowest BCUT2D eigenvalue weighted by Crippen LogP contribution is -2.55. The van der Waals surface area contributed by atoms with Crippen molar-refractivity contribution >= 4 is 0 Å². The number of allylic oxidation sites excluding steroid dienone is 3. The normalized spacial score (nSPS) is 32.1. The van der Waals surface area contributed by atoms with Gasteiger partial charge in [0.2, 0.25) is 0 Å². The lowest BCUT2D eigenvalue weighted by molar-refractivity contribution is -0.343. The molecule has 0 aliphatic heterocycles. The van der Waals surface area contributed by atoms with Crippen LogP contribution in [0.2, 0.25) is 0 Å². The Morgan fingerprint density at radius 2 is 1.69 bits per heavy atom. The van der Waals surface area contributed by atoms with Crippen LogP contribution >= 0.6 is 0 Å². The smallest absolute Gasteiger partial charge is 0.393 e. The highest BCUT2D eigenvalue weighted by molar-refractivity contribution is 5.37. The highest BCUT2D eigenvalue weighted by Crippen LogP contribution is 2.60. The van der Waals surface area contributed by atoms with Gasteiger partial charge in [-0.3, -0.25) is 0 Å². The molecular formula is C26H34F6O3. The van der Waals surface area contributed by atoms with Gasteiger partial charge in [-0.25, -0.2) is 0 Å². The lowest BCUT2D eigenvalue weighted by Gasteiger charge is -2.45. The molecule has 0 unspecified atom stereocenters. The van der Waals surface area contributed by atoms with Crippen molar-refractivity contribution in [2.45, 2.75) is 90.0 Å². The van der Waals surface area contributed by atoms with E-state index in [4.69, 9.17) is 0 Å². The molecule has 2 aliphatic carbocycles. The van der Waals surface area contributed by atoms with Crippen molar-refractivity contribution in [2.75, 3.05) is 0 Å². The Labute approximate surface area is 202 Å². The van der Waals surface area contributed by atoms with E-state index in [-0.39, 0.29) is 30.1 Å². The second kappa shape index (κ2) is 9.95. The Balaban J connectivity index is 2.18. The van der Waals surface area contributed by atoms with Gasteiger partial charge in [0, 0.05) is 12.8 Å². The third-order valence-corrected chi connectivity index (χ3v) is 8.37. The van der Waals surface area contributed by atoms with Crippen molar-refractivity contribution in [3.8, 4) is 11.8 Å². The van der Waals surface area contributed by atoms with Crippen LogP contribution in [0.25, 0.3) is 0 Å². The fourth-order valence-electron chi connectivity index (χ4n) is 5.20. The Hall–Kier alpha value is -1.76. The zero-order chi connectivity index (χ0) is 27.0. The van der Waals surface area contributed by atoms with Gasteiger partial charge in [0.05, 0.1) is 12.2 Å². The average Bonchev–Trinajstić information content (AvgIpc) is 2.93. The largest absolute Gasteiger partial charge is 0.438 e. The standard InChI is InChI=1S/C26H34F6O3/c1-16(8-7-12-24(35,25(27,28)29)26(30,31)32)23(5)13-11-19(22(23,3)4)10-6-9-18-14-20(33)15-21(34)17(18)2/h6,9-10,16,19-21,33-35H,2,8,11,13-15H2,1,3-5H3/b10-6+,18-9?/t16-,19-,20-,21+,23-/m1/s1. The molecule has 198 valence electrons. The maximum Gasteiger partial charge on any atom is 0.438 e. The van der Waals surface area contributed by atoms with Crippen molar-refractivity contribution in [1.82, 2.24) is 0 Å². The Morgan fingerprint density at radius 3 is 2.23 bits per heavy atom. The zero-order valence-electron chi connectivity index (χ0n) is 20.4. The van der Waals surface area contributed by atoms with Crippen LogP contribution in [0.1, 0.15) is 59.8 Å². The van der Waals surface area contributed by atoms with Gasteiger partial charge >= 0.3 is 18.0 Å². The minimum absolute atomic E-state index is 0.0775. The van der Waals surface area contributed by atoms with Crippen molar-refractivity contribution in [3.63, 3.8) is 0 Å². The van der Waals surface area contributed by atoms with E-state index in [1.165, 1.54) is 0 Å². The Bertz CT molecular complexity index is 904. The molecule has 0 aromatic carbocycles. The first kappa shape index (κ1) is 29.5. The molecule has 9 heteroatoms. The molecular weight excluding hydrogens is 474 g/mol. The van der Waals surface area contributed by atoms with Gasteiger partial charge in [-0.15, -0.1) is 0 Å². The molecule has 3 N–H and O–H groups in total. The molecule has 0 saturated heterocycles. The van der Waals surface area contributed by atoms with Gasteiger partial charge in [0.15, 0.2) is 0 Å². The number of aliphatic hydroxyl groups excluding tert-OH is 2. The molecule has 0 radical (unpaired) electrons. The summed E-state index contributed by atoms with van der Waals surface area (Å²) in [6.45, 7) is 11.6. The number of halogens is 6. The summed E-state index contributed by atoms with van der Waals surface area (Å²) < 4.78 is 77.3. The molecule has 5 atom stereocenters. The molecule has 3 nitrogen and oxygen atoms in total. The molecule has 0 spiro atoms. The second-order valence-corrected chi connectivity index (χ2v) is 10.6. The first-order chi connectivity index (χ1) is 15.8. The van der Waals surface area contributed by atoms with Gasteiger partial charge < -0.3 is 15.3 Å². The highest BCUT2D eigenvalue weighted by atomic mass is 19.4. The monoisotopic (exact) mass is 508 g/mol. The summed E-state index contributed by atoms with van der Waals surface area (Å²) in [5.74, 6) is 2.76. The van der Waals surface area contributed by atoms with E-state index in [0.717, 1.165) is 17.9 Å².